The van der Waals surface area contributed by atoms with Crippen LogP contribution in [-0.4, -0.2) is 49.2 Å². The summed E-state index contributed by atoms with van der Waals surface area (Å²) in [5, 5.41) is 22.9. The lowest BCUT2D eigenvalue weighted by molar-refractivity contribution is 0.0686. The minimum atomic E-state index is -0.810. The van der Waals surface area contributed by atoms with Gasteiger partial charge in [0.05, 0.1) is 6.61 Å². The summed E-state index contributed by atoms with van der Waals surface area (Å²) in [6.07, 6.45) is -0.810. The first-order chi connectivity index (χ1) is 5.31. The molecule has 1 unspecified atom stereocenters. The highest BCUT2D eigenvalue weighted by Gasteiger charge is 1.97. The predicted molar refractivity (Wildman–Crippen MR) is 43.0 cm³/mol. The summed E-state index contributed by atoms with van der Waals surface area (Å²) >= 11 is 0. The number of hydrogen-bond donors (Lipinski definition) is 5. The average Bonchev–Trinajstić information content (AvgIpc) is 2.04. The topological polar surface area (TPSA) is 90.5 Å². The Morgan fingerprint density at radius 3 is 2.55 bits per heavy atom. The van der Waals surface area contributed by atoms with Crippen molar-refractivity contribution < 1.29 is 10.2 Å². The van der Waals surface area contributed by atoms with Crippen molar-refractivity contribution in [1.82, 2.24) is 10.6 Å². The second-order valence-corrected chi connectivity index (χ2v) is 2.19. The third-order valence-corrected chi connectivity index (χ3v) is 1.18. The number of aliphatic hydroxyl groups is 2. The molecule has 0 aliphatic rings. The van der Waals surface area contributed by atoms with Gasteiger partial charge in [0, 0.05) is 26.2 Å². The van der Waals surface area contributed by atoms with E-state index in [1.807, 2.05) is 0 Å². The average molecular weight is 163 g/mol. The minimum absolute atomic E-state index is 0.253. The van der Waals surface area contributed by atoms with Gasteiger partial charge in [-0.1, -0.05) is 0 Å². The van der Waals surface area contributed by atoms with Gasteiger partial charge in [0.15, 0.2) is 0 Å². The van der Waals surface area contributed by atoms with Gasteiger partial charge in [-0.05, 0) is 0 Å². The third-order valence-electron chi connectivity index (χ3n) is 1.18. The molecule has 0 aliphatic carbocycles. The van der Waals surface area contributed by atoms with Gasteiger partial charge in [-0.25, -0.2) is 0 Å². The molecule has 5 nitrogen and oxygen atoms in total. The van der Waals surface area contributed by atoms with Crippen molar-refractivity contribution >= 4 is 0 Å². The van der Waals surface area contributed by atoms with Gasteiger partial charge in [-0.2, -0.15) is 0 Å². The summed E-state index contributed by atoms with van der Waals surface area (Å²) in [5.41, 5.74) is 5.22. The number of nitrogens with two attached hydrogens (primary N) is 1. The molecule has 0 aromatic heterocycles. The quantitative estimate of drug-likeness (QED) is 0.210. The highest BCUT2D eigenvalue weighted by molar-refractivity contribution is 4.54. The van der Waals surface area contributed by atoms with Crippen LogP contribution in [0, 0.1) is 0 Å². The van der Waals surface area contributed by atoms with Gasteiger partial charge < -0.3 is 21.3 Å². The van der Waals surface area contributed by atoms with Crippen molar-refractivity contribution in [3.63, 3.8) is 0 Å². The predicted octanol–water partition coefficient (Wildman–Crippen LogP) is -2.56. The van der Waals surface area contributed by atoms with E-state index in [0.717, 1.165) is 13.1 Å². The van der Waals surface area contributed by atoms with Crippen molar-refractivity contribution in [3.8, 4) is 0 Å². The summed E-state index contributed by atoms with van der Waals surface area (Å²) < 4.78 is 0. The molecule has 6 N–H and O–H groups in total. The maximum atomic E-state index is 8.80. The standard InChI is InChI=1S/C6H17N3O2/c7-1-2-8-3-4-9-6(11)5-10/h6,8-11H,1-5,7H2. The lowest BCUT2D eigenvalue weighted by atomic mass is 10.5. The summed E-state index contributed by atoms with van der Waals surface area (Å²) in [7, 11) is 0. The lowest BCUT2D eigenvalue weighted by Gasteiger charge is -2.09. The Kier molecular flexibility index (Phi) is 7.76. The molecule has 0 aromatic rings. The fourth-order valence-electron chi connectivity index (χ4n) is 0.619. The normalized spacial score (nSPS) is 13.4. The Morgan fingerprint density at radius 2 is 2.00 bits per heavy atom. The number of hydrogen-bond acceptors (Lipinski definition) is 5. The molecule has 0 heterocycles. The van der Waals surface area contributed by atoms with Gasteiger partial charge in [-0.15, -0.1) is 0 Å². The molecule has 11 heavy (non-hydrogen) atoms. The number of rotatable bonds is 7. The number of nitrogens with one attached hydrogen (secondary N) is 2. The molecule has 1 atom stereocenters. The van der Waals surface area contributed by atoms with Crippen LogP contribution in [0.1, 0.15) is 0 Å². The molecular formula is C6H17N3O2. The Morgan fingerprint density at radius 1 is 1.27 bits per heavy atom. The Hall–Kier alpha value is -0.200. The highest BCUT2D eigenvalue weighted by atomic mass is 16.3. The molecule has 0 bridgehead atoms. The molecule has 5 heteroatoms. The summed E-state index contributed by atoms with van der Waals surface area (Å²) in [4.78, 5) is 0. The maximum absolute atomic E-state index is 8.80. The Balaban J connectivity index is 2.89. The lowest BCUT2D eigenvalue weighted by Crippen LogP contribution is -2.38. The van der Waals surface area contributed by atoms with Crippen LogP contribution in [0.2, 0.25) is 0 Å². The fourth-order valence-corrected chi connectivity index (χ4v) is 0.619. The molecule has 0 saturated heterocycles. The first-order valence-corrected chi connectivity index (χ1v) is 3.74. The molecular weight excluding hydrogens is 146 g/mol. The van der Waals surface area contributed by atoms with Crippen LogP contribution in [0.15, 0.2) is 0 Å². The van der Waals surface area contributed by atoms with Gasteiger partial charge in [0.25, 0.3) is 0 Å². The van der Waals surface area contributed by atoms with E-state index in [2.05, 4.69) is 10.6 Å². The molecule has 0 aliphatic heterocycles. The number of aliphatic hydroxyl groups excluding tert-OH is 2. The first-order valence-electron chi connectivity index (χ1n) is 3.74. The SMILES string of the molecule is NCCNCCNC(O)CO. The second kappa shape index (κ2) is 7.90. The Labute approximate surface area is 66.6 Å². The molecule has 0 saturated carbocycles. The van der Waals surface area contributed by atoms with Crippen LogP contribution >= 0.6 is 0 Å². The van der Waals surface area contributed by atoms with Gasteiger partial charge >= 0.3 is 0 Å². The van der Waals surface area contributed by atoms with Crippen molar-refractivity contribution in [3.05, 3.63) is 0 Å². The zero-order valence-corrected chi connectivity index (χ0v) is 6.58. The van der Waals surface area contributed by atoms with Crippen molar-refractivity contribution in [2.24, 2.45) is 5.73 Å². The zero-order valence-electron chi connectivity index (χ0n) is 6.58. The van der Waals surface area contributed by atoms with Crippen molar-refractivity contribution in [2.45, 2.75) is 6.23 Å². The largest absolute Gasteiger partial charge is 0.392 e. The van der Waals surface area contributed by atoms with Crippen LogP contribution in [0.25, 0.3) is 0 Å². The summed E-state index contributed by atoms with van der Waals surface area (Å²) in [5.74, 6) is 0. The first kappa shape index (κ1) is 10.8. The van der Waals surface area contributed by atoms with E-state index in [-0.39, 0.29) is 6.61 Å². The minimum Gasteiger partial charge on any atom is -0.392 e. The van der Waals surface area contributed by atoms with Crippen LogP contribution in [0.4, 0.5) is 0 Å². The molecule has 0 radical (unpaired) electrons. The van der Waals surface area contributed by atoms with E-state index in [9.17, 15) is 0 Å². The molecule has 0 amide bonds. The van der Waals surface area contributed by atoms with Crippen LogP contribution < -0.4 is 16.4 Å². The van der Waals surface area contributed by atoms with E-state index < -0.39 is 6.23 Å². The van der Waals surface area contributed by atoms with Gasteiger partial charge in [-0.3, -0.25) is 5.32 Å². The van der Waals surface area contributed by atoms with E-state index in [4.69, 9.17) is 15.9 Å². The molecule has 0 fully saturated rings. The van der Waals surface area contributed by atoms with Gasteiger partial charge in [0.2, 0.25) is 0 Å². The van der Waals surface area contributed by atoms with E-state index in [1.165, 1.54) is 0 Å². The van der Waals surface area contributed by atoms with E-state index >= 15 is 0 Å². The molecule has 68 valence electrons. The second-order valence-electron chi connectivity index (χ2n) is 2.19. The third kappa shape index (κ3) is 7.70. The van der Waals surface area contributed by atoms with Crippen LogP contribution in [-0.2, 0) is 0 Å². The monoisotopic (exact) mass is 163 g/mol. The highest BCUT2D eigenvalue weighted by Crippen LogP contribution is 1.70. The molecule has 0 rings (SSSR count). The summed E-state index contributed by atoms with van der Waals surface area (Å²) in [6, 6.07) is 0. The van der Waals surface area contributed by atoms with Crippen LogP contribution in [0.3, 0.4) is 0 Å². The van der Waals surface area contributed by atoms with Gasteiger partial charge in [0.1, 0.15) is 6.23 Å². The van der Waals surface area contributed by atoms with Crippen molar-refractivity contribution in [2.75, 3.05) is 32.8 Å². The Bertz CT molecular complexity index is 82.2. The zero-order chi connectivity index (χ0) is 8.53. The smallest absolute Gasteiger partial charge is 0.128 e. The maximum Gasteiger partial charge on any atom is 0.128 e. The van der Waals surface area contributed by atoms with Crippen LogP contribution in [0.5, 0.6) is 0 Å². The molecule has 0 aromatic carbocycles. The molecule has 0 spiro atoms. The van der Waals surface area contributed by atoms with E-state index in [0.29, 0.717) is 13.1 Å². The van der Waals surface area contributed by atoms with Crippen molar-refractivity contribution in [1.29, 1.82) is 0 Å². The summed E-state index contributed by atoms with van der Waals surface area (Å²) in [6.45, 7) is 2.51. The van der Waals surface area contributed by atoms with E-state index in [1.54, 1.807) is 0 Å². The fraction of sp³-hybridized carbons (Fsp3) is 1.00.